The van der Waals surface area contributed by atoms with Crippen LogP contribution in [-0.4, -0.2) is 59.1 Å². The van der Waals surface area contributed by atoms with Gasteiger partial charge in [0.05, 0.1) is 41.7 Å². The van der Waals surface area contributed by atoms with Gasteiger partial charge >= 0.3 is 5.97 Å². The quantitative estimate of drug-likeness (QED) is 0.135. The summed E-state index contributed by atoms with van der Waals surface area (Å²) in [6.07, 6.45) is 2.16. The Hall–Kier alpha value is -3.86. The summed E-state index contributed by atoms with van der Waals surface area (Å²) in [7, 11) is -0.136. The molecule has 0 N–H and O–H groups in total. The highest BCUT2D eigenvalue weighted by Gasteiger charge is 2.32. The van der Waals surface area contributed by atoms with E-state index in [9.17, 15) is 13.2 Å². The summed E-state index contributed by atoms with van der Waals surface area (Å²) in [4.78, 5) is 13.8. The molecule has 0 aliphatic carbocycles. The number of hydrogen-bond donors (Lipinski definition) is 0. The Bertz CT molecular complexity index is 2040. The second-order valence-electron chi connectivity index (χ2n) is 11.6. The van der Waals surface area contributed by atoms with Gasteiger partial charge in [-0.1, -0.05) is 61.0 Å². The van der Waals surface area contributed by atoms with Crippen LogP contribution in [0.3, 0.4) is 0 Å². The maximum atomic E-state index is 13.8. The molecule has 2 aromatic heterocycles. The van der Waals surface area contributed by atoms with Crippen LogP contribution >= 0.6 is 11.6 Å². The predicted octanol–water partition coefficient (Wildman–Crippen LogP) is 6.76. The Balaban J connectivity index is 1.50. The number of sulfonamides is 1. The van der Waals surface area contributed by atoms with Gasteiger partial charge in [0.15, 0.2) is 0 Å². The number of halogens is 1. The van der Waals surface area contributed by atoms with E-state index in [4.69, 9.17) is 26.2 Å². The largest absolute Gasteiger partial charge is 0.493 e. The molecule has 3 heterocycles. The molecule has 9 nitrogen and oxygen atoms in total. The number of carbonyl (C=O) groups excluding carboxylic acids is 1. The third kappa shape index (κ3) is 5.78. The van der Waals surface area contributed by atoms with Gasteiger partial charge in [-0.25, -0.2) is 13.2 Å². The second kappa shape index (κ2) is 13.1. The molecule has 242 valence electrons. The first-order valence-corrected chi connectivity index (χ1v) is 17.7. The molecule has 0 spiro atoms. The van der Waals surface area contributed by atoms with E-state index in [1.165, 1.54) is 4.31 Å². The molecule has 5 aromatic rings. The number of aryl methyl sites for hydroxylation is 3. The van der Waals surface area contributed by atoms with Gasteiger partial charge in [-0.2, -0.15) is 9.40 Å². The number of aromatic nitrogens is 3. The van der Waals surface area contributed by atoms with Gasteiger partial charge in [0, 0.05) is 48.2 Å². The molecule has 0 amide bonds. The van der Waals surface area contributed by atoms with Crippen molar-refractivity contribution in [3.8, 4) is 16.9 Å². The minimum atomic E-state index is -3.59. The van der Waals surface area contributed by atoms with Crippen LogP contribution < -0.4 is 4.74 Å². The highest BCUT2D eigenvalue weighted by molar-refractivity contribution is 7.89. The van der Waals surface area contributed by atoms with E-state index in [-0.39, 0.29) is 18.9 Å². The molecule has 3 aromatic carbocycles. The van der Waals surface area contributed by atoms with E-state index in [0.29, 0.717) is 55.2 Å². The third-order valence-electron chi connectivity index (χ3n) is 8.78. The van der Waals surface area contributed by atoms with Crippen molar-refractivity contribution in [2.24, 2.45) is 7.05 Å². The average molecular weight is 663 g/mol. The summed E-state index contributed by atoms with van der Waals surface area (Å²) in [6, 6.07) is 18.0. The zero-order valence-corrected chi connectivity index (χ0v) is 28.2. The monoisotopic (exact) mass is 662 g/mol. The lowest BCUT2D eigenvalue weighted by molar-refractivity contribution is 0.0512. The number of nitrogens with zero attached hydrogens (tertiary/aromatic N) is 4. The van der Waals surface area contributed by atoms with Gasteiger partial charge in [0.1, 0.15) is 11.4 Å². The van der Waals surface area contributed by atoms with E-state index >= 15 is 0 Å². The molecule has 0 bridgehead atoms. The molecule has 0 atom stereocenters. The molecule has 0 saturated carbocycles. The minimum absolute atomic E-state index is 0.0711. The van der Waals surface area contributed by atoms with Gasteiger partial charge in [0.25, 0.3) is 0 Å². The van der Waals surface area contributed by atoms with Gasteiger partial charge in [-0.15, -0.1) is 0 Å². The van der Waals surface area contributed by atoms with Crippen molar-refractivity contribution in [2.75, 3.05) is 26.0 Å². The fourth-order valence-corrected chi connectivity index (χ4v) is 8.06. The van der Waals surface area contributed by atoms with E-state index < -0.39 is 16.0 Å². The van der Waals surface area contributed by atoms with E-state index in [2.05, 4.69) is 12.1 Å². The third-order valence-corrected chi connectivity index (χ3v) is 11.0. The zero-order valence-electron chi connectivity index (χ0n) is 26.7. The number of fused-ring (bicyclic) bond motifs is 3. The van der Waals surface area contributed by atoms with Crippen molar-refractivity contribution >= 4 is 49.3 Å². The van der Waals surface area contributed by atoms with E-state index in [1.54, 1.807) is 18.7 Å². The number of esters is 1. The molecule has 11 heteroatoms. The first kappa shape index (κ1) is 32.1. The SMILES string of the molecule is CCOC(=O)c1c(CCCOc2cccc3ccccc23)c2ccc(Cl)c3c2n1CCCS(=O)(=O)N(C)Cc1nn(C)c(CC)c1-3. The molecular weight excluding hydrogens is 624 g/mol. The van der Waals surface area contributed by atoms with Crippen molar-refractivity contribution in [3.63, 3.8) is 0 Å². The lowest BCUT2D eigenvalue weighted by atomic mass is 9.97. The van der Waals surface area contributed by atoms with Crippen LogP contribution in [0.4, 0.5) is 0 Å². The van der Waals surface area contributed by atoms with Crippen molar-refractivity contribution in [2.45, 2.75) is 52.6 Å². The standard InChI is InChI=1S/C35H39ClN4O5S/c1-5-29-32-28(37-39(29)4)22-38(3)46(42,43)21-11-19-40-33-26(17-18-27(36)31(32)33)25(34(40)35(41)44-6-2)15-10-20-45-30-16-9-13-23-12-7-8-14-24(23)30/h7-9,12-14,16-18H,5-6,10-11,15,19-22H2,1-4H3. The zero-order chi connectivity index (χ0) is 32.6. The van der Waals surface area contributed by atoms with Crippen LogP contribution in [0.15, 0.2) is 54.6 Å². The second-order valence-corrected chi connectivity index (χ2v) is 14.2. The van der Waals surface area contributed by atoms with Gasteiger partial charge in [-0.3, -0.25) is 4.68 Å². The molecule has 1 aliphatic rings. The van der Waals surface area contributed by atoms with Crippen molar-refractivity contribution in [1.82, 2.24) is 18.7 Å². The highest BCUT2D eigenvalue weighted by Crippen LogP contribution is 2.43. The fraction of sp³-hybridized carbons (Fsp3) is 0.371. The molecular formula is C35H39ClN4O5S. The summed E-state index contributed by atoms with van der Waals surface area (Å²) in [5, 5.41) is 8.35. The van der Waals surface area contributed by atoms with Crippen molar-refractivity contribution < 1.29 is 22.7 Å². The topological polar surface area (TPSA) is 95.7 Å². The van der Waals surface area contributed by atoms with E-state index in [0.717, 1.165) is 49.8 Å². The number of ether oxygens (including phenoxy) is 2. The molecule has 46 heavy (non-hydrogen) atoms. The van der Waals surface area contributed by atoms with Crippen LogP contribution in [0.2, 0.25) is 5.02 Å². The Kier molecular flexibility index (Phi) is 9.14. The molecule has 6 rings (SSSR count). The summed E-state index contributed by atoms with van der Waals surface area (Å²) in [6.45, 7) is 4.90. The Morgan fingerprint density at radius 2 is 1.78 bits per heavy atom. The Morgan fingerprint density at radius 1 is 1.00 bits per heavy atom. The van der Waals surface area contributed by atoms with Crippen molar-refractivity contribution in [1.29, 1.82) is 0 Å². The smallest absolute Gasteiger partial charge is 0.355 e. The van der Waals surface area contributed by atoms with Crippen LogP contribution in [0.1, 0.15) is 54.1 Å². The fourth-order valence-electron chi connectivity index (χ4n) is 6.69. The average Bonchev–Trinajstić information content (AvgIpc) is 3.51. The minimum Gasteiger partial charge on any atom is -0.493 e. The number of carbonyl (C=O) groups is 1. The number of hydrogen-bond acceptors (Lipinski definition) is 6. The van der Waals surface area contributed by atoms with Gasteiger partial charge < -0.3 is 14.0 Å². The predicted molar refractivity (Wildman–Crippen MR) is 182 cm³/mol. The Morgan fingerprint density at radius 3 is 2.57 bits per heavy atom. The van der Waals surface area contributed by atoms with Crippen LogP contribution in [0.5, 0.6) is 5.75 Å². The summed E-state index contributed by atoms with van der Waals surface area (Å²) < 4.78 is 43.7. The molecule has 0 fully saturated rings. The molecule has 1 aliphatic heterocycles. The van der Waals surface area contributed by atoms with Crippen LogP contribution in [-0.2, 0) is 47.7 Å². The van der Waals surface area contributed by atoms with Crippen LogP contribution in [0, 0.1) is 0 Å². The Labute approximate surface area is 274 Å². The number of benzene rings is 3. The first-order valence-electron chi connectivity index (χ1n) is 15.8. The lowest BCUT2D eigenvalue weighted by Gasteiger charge is -2.17. The molecule has 0 unspecified atom stereocenters. The normalized spacial score (nSPS) is 15.1. The summed E-state index contributed by atoms with van der Waals surface area (Å²) in [5.74, 6) is 0.304. The summed E-state index contributed by atoms with van der Waals surface area (Å²) >= 11 is 7.05. The van der Waals surface area contributed by atoms with E-state index in [1.807, 2.05) is 61.0 Å². The molecule has 0 radical (unpaired) electrons. The maximum Gasteiger partial charge on any atom is 0.355 e. The van der Waals surface area contributed by atoms with Gasteiger partial charge in [-0.05, 0) is 55.7 Å². The van der Waals surface area contributed by atoms with Crippen molar-refractivity contribution in [3.05, 3.63) is 82.3 Å². The molecule has 0 saturated heterocycles. The van der Waals surface area contributed by atoms with Gasteiger partial charge in [0.2, 0.25) is 10.0 Å². The summed E-state index contributed by atoms with van der Waals surface area (Å²) in [5.41, 5.74) is 5.20. The van der Waals surface area contributed by atoms with Crippen LogP contribution in [0.25, 0.3) is 32.8 Å². The first-order chi connectivity index (χ1) is 22.2. The lowest BCUT2D eigenvalue weighted by Crippen LogP contribution is -2.29. The maximum absolute atomic E-state index is 13.8. The number of rotatable bonds is 8. The highest BCUT2D eigenvalue weighted by atomic mass is 35.5.